The third kappa shape index (κ3) is 3.58. The lowest BCUT2D eigenvalue weighted by Gasteiger charge is -2.12. The van der Waals surface area contributed by atoms with Crippen LogP contribution in [0.15, 0.2) is 47.6 Å². The van der Waals surface area contributed by atoms with Crippen LogP contribution in [0.2, 0.25) is 5.02 Å². The molecule has 2 aromatic rings. The van der Waals surface area contributed by atoms with Crippen molar-refractivity contribution in [3.63, 3.8) is 0 Å². The fraction of sp³-hybridized carbons (Fsp3) is 0.133. The summed E-state index contributed by atoms with van der Waals surface area (Å²) >= 11 is 6.06. The van der Waals surface area contributed by atoms with Gasteiger partial charge in [0.25, 0.3) is 0 Å². The zero-order valence-electron chi connectivity index (χ0n) is 11.4. The van der Waals surface area contributed by atoms with Gasteiger partial charge in [-0.2, -0.15) is 0 Å². The highest BCUT2D eigenvalue weighted by Crippen LogP contribution is 2.27. The van der Waals surface area contributed by atoms with Crippen LogP contribution in [0.4, 0.5) is 0 Å². The molecule has 0 saturated heterocycles. The second-order valence-electron chi connectivity index (χ2n) is 4.24. The van der Waals surface area contributed by atoms with Gasteiger partial charge < -0.3 is 20.4 Å². The number of benzene rings is 2. The predicted octanol–water partition coefficient (Wildman–Crippen LogP) is 3.02. The van der Waals surface area contributed by atoms with E-state index < -0.39 is 0 Å². The molecular formula is C15H15ClN2O3. The molecular weight excluding hydrogens is 292 g/mol. The van der Waals surface area contributed by atoms with Gasteiger partial charge in [0, 0.05) is 0 Å². The van der Waals surface area contributed by atoms with Crippen LogP contribution in [-0.2, 0) is 6.61 Å². The maximum absolute atomic E-state index is 8.82. The number of nitrogens with zero attached hydrogens (tertiary/aromatic N) is 1. The molecule has 0 heterocycles. The van der Waals surface area contributed by atoms with Crippen molar-refractivity contribution in [2.75, 3.05) is 7.11 Å². The number of hydrogen-bond donors (Lipinski definition) is 2. The van der Waals surface area contributed by atoms with E-state index in [0.29, 0.717) is 22.9 Å². The summed E-state index contributed by atoms with van der Waals surface area (Å²) in [6.45, 7) is 0.309. The summed E-state index contributed by atoms with van der Waals surface area (Å²) in [6, 6.07) is 12.6. The summed E-state index contributed by atoms with van der Waals surface area (Å²) in [7, 11) is 1.60. The van der Waals surface area contributed by atoms with Gasteiger partial charge in [-0.3, -0.25) is 0 Å². The first-order chi connectivity index (χ1) is 10.2. The van der Waals surface area contributed by atoms with Gasteiger partial charge in [0.2, 0.25) is 0 Å². The lowest BCUT2D eigenvalue weighted by Crippen LogP contribution is -2.15. The molecule has 0 aromatic heterocycles. The van der Waals surface area contributed by atoms with Crippen molar-refractivity contribution in [3.05, 3.63) is 58.6 Å². The molecule has 5 nitrogen and oxygen atoms in total. The van der Waals surface area contributed by atoms with Gasteiger partial charge in [-0.25, -0.2) is 0 Å². The Morgan fingerprint density at radius 3 is 2.76 bits per heavy atom. The molecule has 2 aromatic carbocycles. The Morgan fingerprint density at radius 1 is 1.29 bits per heavy atom. The molecule has 2 rings (SSSR count). The minimum atomic E-state index is -0.0961. The average Bonchev–Trinajstić information content (AvgIpc) is 2.52. The summed E-state index contributed by atoms with van der Waals surface area (Å²) in [6.07, 6.45) is 0. The van der Waals surface area contributed by atoms with Gasteiger partial charge in [-0.15, -0.1) is 0 Å². The Hall–Kier alpha value is -2.40. The van der Waals surface area contributed by atoms with Crippen LogP contribution in [0, 0.1) is 0 Å². The van der Waals surface area contributed by atoms with Crippen LogP contribution < -0.4 is 15.2 Å². The third-order valence-corrected chi connectivity index (χ3v) is 3.18. The first kappa shape index (κ1) is 15.0. The number of halogens is 1. The molecule has 0 aliphatic carbocycles. The maximum Gasteiger partial charge on any atom is 0.175 e. The van der Waals surface area contributed by atoms with Crippen molar-refractivity contribution in [2.24, 2.45) is 10.9 Å². The molecule has 0 atom stereocenters. The average molecular weight is 307 g/mol. The van der Waals surface area contributed by atoms with Crippen LogP contribution in [-0.4, -0.2) is 18.2 Å². The molecule has 0 saturated carbocycles. The normalized spacial score (nSPS) is 11.2. The number of oxime groups is 1. The Kier molecular flexibility index (Phi) is 4.90. The van der Waals surface area contributed by atoms with Crippen LogP contribution in [0.5, 0.6) is 11.5 Å². The van der Waals surface area contributed by atoms with Gasteiger partial charge in [0.1, 0.15) is 18.1 Å². The monoisotopic (exact) mass is 306 g/mol. The van der Waals surface area contributed by atoms with Gasteiger partial charge in [0.05, 0.1) is 17.7 Å². The van der Waals surface area contributed by atoms with Gasteiger partial charge in [0.15, 0.2) is 5.84 Å². The number of ether oxygens (including phenoxy) is 2. The lowest BCUT2D eigenvalue weighted by molar-refractivity contribution is 0.302. The Morgan fingerprint density at radius 2 is 2.05 bits per heavy atom. The lowest BCUT2D eigenvalue weighted by atomic mass is 10.2. The zero-order valence-corrected chi connectivity index (χ0v) is 12.2. The molecule has 0 unspecified atom stereocenters. The van der Waals surface area contributed by atoms with Gasteiger partial charge in [-0.1, -0.05) is 35.0 Å². The second kappa shape index (κ2) is 6.85. The zero-order chi connectivity index (χ0) is 15.2. The van der Waals surface area contributed by atoms with Crippen molar-refractivity contribution in [1.29, 1.82) is 0 Å². The maximum atomic E-state index is 8.82. The molecule has 21 heavy (non-hydrogen) atoms. The van der Waals surface area contributed by atoms with Crippen molar-refractivity contribution in [3.8, 4) is 11.5 Å². The van der Waals surface area contributed by atoms with E-state index in [2.05, 4.69) is 5.16 Å². The standard InChI is InChI=1S/C15H15ClN2O3/c1-20-11-5-2-4-10(8-11)9-21-13-7-3-6-12(16)14(13)15(17)18-19/h2-8,19H,9H2,1H3,(H2,17,18). The number of amidine groups is 1. The summed E-state index contributed by atoms with van der Waals surface area (Å²) in [5, 5.41) is 12.2. The molecule has 3 N–H and O–H groups in total. The minimum Gasteiger partial charge on any atom is -0.497 e. The molecule has 0 aliphatic rings. The van der Waals surface area contributed by atoms with E-state index in [-0.39, 0.29) is 5.84 Å². The molecule has 0 fully saturated rings. The van der Waals surface area contributed by atoms with Crippen LogP contribution in [0.1, 0.15) is 11.1 Å². The van der Waals surface area contributed by atoms with Crippen LogP contribution >= 0.6 is 11.6 Å². The van der Waals surface area contributed by atoms with Crippen LogP contribution in [0.3, 0.4) is 0 Å². The van der Waals surface area contributed by atoms with E-state index >= 15 is 0 Å². The number of hydrogen-bond acceptors (Lipinski definition) is 4. The highest BCUT2D eigenvalue weighted by molar-refractivity contribution is 6.34. The SMILES string of the molecule is COc1cccc(COc2cccc(Cl)c2C(N)=NO)c1. The van der Waals surface area contributed by atoms with E-state index in [1.54, 1.807) is 25.3 Å². The van der Waals surface area contributed by atoms with E-state index in [9.17, 15) is 0 Å². The molecule has 6 heteroatoms. The van der Waals surface area contributed by atoms with E-state index in [1.807, 2.05) is 24.3 Å². The van der Waals surface area contributed by atoms with Gasteiger partial charge >= 0.3 is 0 Å². The second-order valence-corrected chi connectivity index (χ2v) is 4.65. The molecule has 0 aliphatic heterocycles. The Bertz CT molecular complexity index is 659. The third-order valence-electron chi connectivity index (χ3n) is 2.87. The van der Waals surface area contributed by atoms with E-state index in [1.165, 1.54) is 0 Å². The van der Waals surface area contributed by atoms with Crippen molar-refractivity contribution in [2.45, 2.75) is 6.61 Å². The summed E-state index contributed by atoms with van der Waals surface area (Å²) in [5.74, 6) is 1.10. The van der Waals surface area contributed by atoms with Crippen molar-refractivity contribution in [1.82, 2.24) is 0 Å². The van der Waals surface area contributed by atoms with E-state index in [4.69, 9.17) is 32.0 Å². The number of methoxy groups -OCH3 is 1. The van der Waals surface area contributed by atoms with Crippen molar-refractivity contribution >= 4 is 17.4 Å². The Balaban J connectivity index is 2.22. The highest BCUT2D eigenvalue weighted by atomic mass is 35.5. The molecule has 0 radical (unpaired) electrons. The van der Waals surface area contributed by atoms with Crippen LogP contribution in [0.25, 0.3) is 0 Å². The summed E-state index contributed by atoms with van der Waals surface area (Å²) in [5.41, 5.74) is 6.92. The molecule has 110 valence electrons. The molecule has 0 amide bonds. The highest BCUT2D eigenvalue weighted by Gasteiger charge is 2.13. The summed E-state index contributed by atoms with van der Waals surface area (Å²) in [4.78, 5) is 0. The van der Waals surface area contributed by atoms with Crippen molar-refractivity contribution < 1.29 is 14.7 Å². The quantitative estimate of drug-likeness (QED) is 0.385. The van der Waals surface area contributed by atoms with E-state index in [0.717, 1.165) is 11.3 Å². The Labute approximate surface area is 127 Å². The molecule has 0 spiro atoms. The number of rotatable bonds is 5. The predicted molar refractivity (Wildman–Crippen MR) is 81.3 cm³/mol. The summed E-state index contributed by atoms with van der Waals surface area (Å²) < 4.78 is 10.9. The fourth-order valence-corrected chi connectivity index (χ4v) is 2.11. The largest absolute Gasteiger partial charge is 0.497 e. The topological polar surface area (TPSA) is 77.1 Å². The van der Waals surface area contributed by atoms with Gasteiger partial charge in [-0.05, 0) is 29.8 Å². The smallest absolute Gasteiger partial charge is 0.175 e. The minimum absolute atomic E-state index is 0.0961. The number of nitrogens with two attached hydrogens (primary N) is 1. The first-order valence-corrected chi connectivity index (χ1v) is 6.55. The molecule has 0 bridgehead atoms. The fourth-order valence-electron chi connectivity index (χ4n) is 1.85. The first-order valence-electron chi connectivity index (χ1n) is 6.18.